The van der Waals surface area contributed by atoms with E-state index in [0.29, 0.717) is 29.5 Å². The average Bonchev–Trinajstić information content (AvgIpc) is 3.65. The highest BCUT2D eigenvalue weighted by Gasteiger charge is 2.37. The molecule has 1 aliphatic heterocycles. The van der Waals surface area contributed by atoms with Gasteiger partial charge in [0, 0.05) is 30.0 Å². The summed E-state index contributed by atoms with van der Waals surface area (Å²) in [7, 11) is 1.64. The van der Waals surface area contributed by atoms with Gasteiger partial charge in [-0.15, -0.1) is 0 Å². The Morgan fingerprint density at radius 1 is 0.976 bits per heavy atom. The van der Waals surface area contributed by atoms with Gasteiger partial charge >= 0.3 is 0 Å². The lowest BCUT2D eigenvalue weighted by Crippen LogP contribution is -2.31. The van der Waals surface area contributed by atoms with E-state index in [0.717, 1.165) is 28.0 Å². The molecular formula is C29H31Cl2N7O4. The van der Waals surface area contributed by atoms with Gasteiger partial charge in [0.05, 0.1) is 37.9 Å². The van der Waals surface area contributed by atoms with Gasteiger partial charge in [-0.1, -0.05) is 35.3 Å². The molecule has 1 fully saturated rings. The average molecular weight is 613 g/mol. The van der Waals surface area contributed by atoms with E-state index in [4.69, 9.17) is 32.7 Å². The van der Waals surface area contributed by atoms with E-state index in [9.17, 15) is 9.59 Å². The lowest BCUT2D eigenvalue weighted by atomic mass is 10.0. The molecule has 1 saturated heterocycles. The van der Waals surface area contributed by atoms with Crippen molar-refractivity contribution in [3.05, 3.63) is 86.4 Å². The van der Waals surface area contributed by atoms with Crippen molar-refractivity contribution in [2.45, 2.75) is 46.3 Å². The predicted octanol–water partition coefficient (Wildman–Crippen LogP) is 5.06. The standard InChI is InChI=1S/C22H25ClN4O3.C7H6ClN3O/c1-13-10-24-27-12-19(23)25-22(21(13)27)30-15(3)17-9-20(28)26(11-17)14(2)16-5-7-18(29-4)8-6-16;1-4-2-9-11-3-5(8)10-7(12)6(4)11/h5-8,10,12,14-15,17H,9,11H2,1-4H3;2-3H,1H3,(H,10,12)/t14-,15-,17-;/m1./s1. The molecule has 5 heterocycles. The molecule has 6 rings (SSSR count). The van der Waals surface area contributed by atoms with E-state index in [1.54, 1.807) is 36.4 Å². The number of methoxy groups -OCH3 is 1. The fraction of sp³-hybridized carbons (Fsp3) is 0.345. The number of rotatable bonds is 6. The molecule has 0 bridgehead atoms. The first kappa shape index (κ1) is 29.4. The van der Waals surface area contributed by atoms with Crippen molar-refractivity contribution >= 4 is 40.1 Å². The van der Waals surface area contributed by atoms with E-state index in [2.05, 4.69) is 20.2 Å². The SMILES string of the molecule is COc1ccc([C@@H](C)N2C[C@H]([C@@H](C)Oc3nc(Cl)cn4ncc(C)c34)CC2=O)cc1.Cc1cnn2cc(Cl)[nH]c(=O)c12. The number of aromatic nitrogens is 6. The topological polar surface area (TPSA) is 119 Å². The molecule has 1 N–H and O–H groups in total. The second-order valence-electron chi connectivity index (χ2n) is 10.3. The highest BCUT2D eigenvalue weighted by molar-refractivity contribution is 6.29. The zero-order valence-electron chi connectivity index (χ0n) is 23.8. The van der Waals surface area contributed by atoms with Gasteiger partial charge in [-0.25, -0.2) is 9.03 Å². The zero-order valence-corrected chi connectivity index (χ0v) is 25.3. The maximum Gasteiger partial charge on any atom is 0.275 e. The molecule has 0 radical (unpaired) electrons. The molecule has 1 amide bonds. The van der Waals surface area contributed by atoms with Crippen LogP contribution in [0.3, 0.4) is 0 Å². The molecule has 1 aromatic carbocycles. The normalized spacial score (nSPS) is 16.4. The molecule has 0 unspecified atom stereocenters. The predicted molar refractivity (Wildman–Crippen MR) is 160 cm³/mol. The van der Waals surface area contributed by atoms with Gasteiger partial charge in [0.25, 0.3) is 5.56 Å². The van der Waals surface area contributed by atoms with Gasteiger partial charge < -0.3 is 19.4 Å². The maximum atomic E-state index is 12.8. The zero-order chi connectivity index (χ0) is 30.1. The smallest absolute Gasteiger partial charge is 0.275 e. The molecule has 3 atom stereocenters. The van der Waals surface area contributed by atoms with Crippen LogP contribution in [0.1, 0.15) is 43.0 Å². The first-order valence-corrected chi connectivity index (χ1v) is 14.1. The summed E-state index contributed by atoms with van der Waals surface area (Å²) in [4.78, 5) is 32.8. The van der Waals surface area contributed by atoms with Crippen LogP contribution in [0.15, 0.2) is 53.8 Å². The van der Waals surface area contributed by atoms with Crippen LogP contribution in [0.2, 0.25) is 10.3 Å². The number of aryl methyl sites for hydroxylation is 2. The number of carbonyl (C=O) groups excluding carboxylic acids is 1. The Morgan fingerprint density at radius 2 is 1.62 bits per heavy atom. The van der Waals surface area contributed by atoms with Crippen LogP contribution >= 0.6 is 23.2 Å². The molecule has 220 valence electrons. The molecule has 13 heteroatoms. The number of amides is 1. The van der Waals surface area contributed by atoms with Crippen LogP contribution < -0.4 is 15.0 Å². The summed E-state index contributed by atoms with van der Waals surface area (Å²) < 4.78 is 14.6. The summed E-state index contributed by atoms with van der Waals surface area (Å²) in [5.74, 6) is 1.43. The second kappa shape index (κ2) is 12.0. The molecule has 5 aromatic rings. The van der Waals surface area contributed by atoms with Crippen molar-refractivity contribution < 1.29 is 14.3 Å². The number of H-pyrrole nitrogens is 1. The van der Waals surface area contributed by atoms with Gasteiger partial charge in [0.1, 0.15) is 28.0 Å². The maximum absolute atomic E-state index is 12.8. The largest absolute Gasteiger partial charge is 0.497 e. The number of benzene rings is 1. The van der Waals surface area contributed by atoms with Crippen LogP contribution in [0.5, 0.6) is 11.6 Å². The monoisotopic (exact) mass is 611 g/mol. The lowest BCUT2D eigenvalue weighted by Gasteiger charge is -2.26. The van der Waals surface area contributed by atoms with Crippen molar-refractivity contribution in [1.82, 2.24) is 34.1 Å². The fourth-order valence-electron chi connectivity index (χ4n) is 5.10. The molecule has 11 nitrogen and oxygen atoms in total. The van der Waals surface area contributed by atoms with Crippen molar-refractivity contribution in [1.29, 1.82) is 0 Å². The van der Waals surface area contributed by atoms with Gasteiger partial charge in [-0.05, 0) is 45.4 Å². The molecule has 0 saturated carbocycles. The number of carbonyl (C=O) groups is 1. The Kier molecular flexibility index (Phi) is 8.42. The number of ether oxygens (including phenoxy) is 2. The van der Waals surface area contributed by atoms with Gasteiger partial charge in [-0.3, -0.25) is 9.59 Å². The second-order valence-corrected chi connectivity index (χ2v) is 11.1. The Bertz CT molecular complexity index is 1800. The summed E-state index contributed by atoms with van der Waals surface area (Å²) in [5, 5.41) is 8.83. The van der Waals surface area contributed by atoms with Crippen LogP contribution in [0, 0.1) is 19.8 Å². The van der Waals surface area contributed by atoms with Crippen molar-refractivity contribution in [3.63, 3.8) is 0 Å². The summed E-state index contributed by atoms with van der Waals surface area (Å²) in [6, 6.07) is 7.81. The third kappa shape index (κ3) is 5.93. The van der Waals surface area contributed by atoms with Crippen LogP contribution in [0.25, 0.3) is 11.0 Å². The van der Waals surface area contributed by atoms with Gasteiger partial charge in [0.15, 0.2) is 5.15 Å². The van der Waals surface area contributed by atoms with E-state index < -0.39 is 0 Å². The molecule has 42 heavy (non-hydrogen) atoms. The van der Waals surface area contributed by atoms with Crippen LogP contribution in [-0.4, -0.2) is 59.8 Å². The molecule has 0 aliphatic carbocycles. The van der Waals surface area contributed by atoms with E-state index in [1.807, 2.05) is 56.9 Å². The lowest BCUT2D eigenvalue weighted by molar-refractivity contribution is -0.129. The molecule has 1 aliphatic rings. The van der Waals surface area contributed by atoms with E-state index >= 15 is 0 Å². The first-order chi connectivity index (χ1) is 20.0. The minimum atomic E-state index is -0.211. The Balaban J connectivity index is 0.000000244. The minimum absolute atomic E-state index is 0.0197. The minimum Gasteiger partial charge on any atom is -0.497 e. The summed E-state index contributed by atoms with van der Waals surface area (Å²) in [6.45, 7) is 8.43. The number of likely N-dealkylation sites (tertiary alicyclic amines) is 1. The number of halogens is 2. The van der Waals surface area contributed by atoms with E-state index in [-0.39, 0.29) is 34.7 Å². The number of hydrogen-bond acceptors (Lipinski definition) is 7. The van der Waals surface area contributed by atoms with Crippen LogP contribution in [-0.2, 0) is 4.79 Å². The highest BCUT2D eigenvalue weighted by Crippen LogP contribution is 2.33. The van der Waals surface area contributed by atoms with Crippen molar-refractivity contribution in [2.75, 3.05) is 13.7 Å². The summed E-state index contributed by atoms with van der Waals surface area (Å²) in [5.41, 5.74) is 3.99. The third-order valence-corrected chi connectivity index (χ3v) is 7.87. The van der Waals surface area contributed by atoms with Gasteiger partial charge in [0.2, 0.25) is 11.8 Å². The Hall–Kier alpha value is -4.09. The Morgan fingerprint density at radius 3 is 2.29 bits per heavy atom. The van der Waals surface area contributed by atoms with E-state index in [1.165, 1.54) is 4.52 Å². The Labute approximate surface area is 252 Å². The number of fused-ring (bicyclic) bond motifs is 2. The summed E-state index contributed by atoms with van der Waals surface area (Å²) in [6.07, 6.45) is 6.83. The first-order valence-electron chi connectivity index (χ1n) is 13.4. The van der Waals surface area contributed by atoms with Crippen molar-refractivity contribution in [2.24, 2.45) is 5.92 Å². The van der Waals surface area contributed by atoms with Crippen molar-refractivity contribution in [3.8, 4) is 11.6 Å². The van der Waals surface area contributed by atoms with Gasteiger partial charge in [-0.2, -0.15) is 15.2 Å². The summed E-state index contributed by atoms with van der Waals surface area (Å²) >= 11 is 11.7. The quantitative estimate of drug-likeness (QED) is 0.285. The highest BCUT2D eigenvalue weighted by atomic mass is 35.5. The molecule has 0 spiro atoms. The number of aromatic amines is 1. The number of hydrogen-bond donors (Lipinski definition) is 1. The van der Waals surface area contributed by atoms with Crippen LogP contribution in [0.4, 0.5) is 0 Å². The fourth-order valence-corrected chi connectivity index (χ4v) is 5.44. The third-order valence-electron chi connectivity index (χ3n) is 7.50. The number of nitrogens with one attached hydrogen (secondary N) is 1. The molecule has 4 aromatic heterocycles. The number of nitrogens with zero attached hydrogens (tertiary/aromatic N) is 6. The molecular weight excluding hydrogens is 581 g/mol.